The molecule has 2 aromatic heterocycles. The number of aromatic nitrogens is 1. The Morgan fingerprint density at radius 2 is 1.16 bits per heavy atom. The first-order chi connectivity index (χ1) is 18.4. The molecule has 2 nitrogen and oxygen atoms in total. The molecule has 0 atom stereocenters. The van der Waals surface area contributed by atoms with Gasteiger partial charge in [0, 0.05) is 32.6 Å². The standard InChI is InChI=1S/C36H29NO/c1-35(2)28-21-22(37-29-14-8-5-11-24(29)25-12-6-9-15-30(25)37)17-18-23(28)26-19-20-32-33(34(26)36(35,3)4)27-13-7-10-16-31(27)38-32/h5-21H,1-4H3. The molecule has 0 saturated carbocycles. The van der Waals surface area contributed by atoms with E-state index in [0.717, 1.165) is 11.2 Å². The molecule has 0 unspecified atom stereocenters. The van der Waals surface area contributed by atoms with Crippen molar-refractivity contribution in [1.29, 1.82) is 0 Å². The molecule has 0 spiro atoms. The number of furan rings is 1. The first-order valence-corrected chi connectivity index (χ1v) is 13.5. The average molecular weight is 492 g/mol. The smallest absolute Gasteiger partial charge is 0.135 e. The molecule has 2 heterocycles. The fourth-order valence-corrected chi connectivity index (χ4v) is 6.96. The van der Waals surface area contributed by atoms with Crippen LogP contribution in [-0.4, -0.2) is 4.57 Å². The van der Waals surface area contributed by atoms with Crippen molar-refractivity contribution in [3.63, 3.8) is 0 Å². The Kier molecular flexibility index (Phi) is 4.10. The normalized spacial score (nSPS) is 15.8. The molecule has 0 amide bonds. The van der Waals surface area contributed by atoms with Gasteiger partial charge in [0.1, 0.15) is 11.2 Å². The zero-order chi connectivity index (χ0) is 25.8. The molecule has 38 heavy (non-hydrogen) atoms. The molecule has 8 rings (SSSR count). The summed E-state index contributed by atoms with van der Waals surface area (Å²) in [5.74, 6) is 0. The molecular weight excluding hydrogens is 462 g/mol. The molecule has 0 saturated heterocycles. The Labute approximate surface area is 222 Å². The highest BCUT2D eigenvalue weighted by Crippen LogP contribution is 2.57. The van der Waals surface area contributed by atoms with Gasteiger partial charge in [-0.3, -0.25) is 0 Å². The number of nitrogens with zero attached hydrogens (tertiary/aromatic N) is 1. The van der Waals surface area contributed by atoms with Gasteiger partial charge in [-0.05, 0) is 64.1 Å². The third-order valence-electron chi connectivity index (χ3n) is 9.54. The number of para-hydroxylation sites is 3. The molecule has 1 aliphatic rings. The van der Waals surface area contributed by atoms with Crippen molar-refractivity contribution in [3.8, 4) is 16.8 Å². The van der Waals surface area contributed by atoms with Crippen LogP contribution in [0.5, 0.6) is 0 Å². The van der Waals surface area contributed by atoms with E-state index in [0.29, 0.717) is 0 Å². The first kappa shape index (κ1) is 21.8. The lowest BCUT2D eigenvalue weighted by Gasteiger charge is -2.48. The topological polar surface area (TPSA) is 18.1 Å². The van der Waals surface area contributed by atoms with E-state index in [-0.39, 0.29) is 10.8 Å². The molecule has 184 valence electrons. The van der Waals surface area contributed by atoms with E-state index < -0.39 is 0 Å². The van der Waals surface area contributed by atoms with E-state index in [2.05, 4.69) is 135 Å². The molecule has 1 aliphatic carbocycles. The zero-order valence-electron chi connectivity index (χ0n) is 22.2. The molecule has 5 aromatic carbocycles. The highest BCUT2D eigenvalue weighted by molar-refractivity contribution is 6.11. The lowest BCUT2D eigenvalue weighted by atomic mass is 9.55. The van der Waals surface area contributed by atoms with Crippen LogP contribution in [0.1, 0.15) is 38.8 Å². The molecule has 7 aromatic rings. The van der Waals surface area contributed by atoms with Gasteiger partial charge >= 0.3 is 0 Å². The van der Waals surface area contributed by atoms with Crippen LogP contribution in [0.3, 0.4) is 0 Å². The fourth-order valence-electron chi connectivity index (χ4n) is 6.96. The van der Waals surface area contributed by atoms with Crippen LogP contribution in [0.25, 0.3) is 60.6 Å². The Hall–Kier alpha value is -4.30. The predicted octanol–water partition coefficient (Wildman–Crippen LogP) is 9.92. The summed E-state index contributed by atoms with van der Waals surface area (Å²) in [6.45, 7) is 9.63. The summed E-state index contributed by atoms with van der Waals surface area (Å²) >= 11 is 0. The van der Waals surface area contributed by atoms with Crippen molar-refractivity contribution < 1.29 is 4.42 Å². The van der Waals surface area contributed by atoms with E-state index in [4.69, 9.17) is 4.42 Å². The number of hydrogen-bond acceptors (Lipinski definition) is 1. The van der Waals surface area contributed by atoms with Gasteiger partial charge in [0.25, 0.3) is 0 Å². The lowest BCUT2D eigenvalue weighted by molar-refractivity contribution is 0.301. The summed E-state index contributed by atoms with van der Waals surface area (Å²) < 4.78 is 8.74. The van der Waals surface area contributed by atoms with Gasteiger partial charge in [-0.1, -0.05) is 94.4 Å². The Morgan fingerprint density at radius 1 is 0.553 bits per heavy atom. The molecule has 0 bridgehead atoms. The van der Waals surface area contributed by atoms with Gasteiger partial charge in [-0.2, -0.15) is 0 Å². The van der Waals surface area contributed by atoms with Gasteiger partial charge in [0.05, 0.1) is 11.0 Å². The van der Waals surface area contributed by atoms with E-state index >= 15 is 0 Å². The van der Waals surface area contributed by atoms with Crippen LogP contribution in [0.15, 0.2) is 108 Å². The maximum atomic E-state index is 6.31. The summed E-state index contributed by atoms with van der Waals surface area (Å²) in [6, 6.07) is 37.4. The number of fused-ring (bicyclic) bond motifs is 10. The van der Waals surface area contributed by atoms with Crippen molar-refractivity contribution in [2.75, 3.05) is 0 Å². The van der Waals surface area contributed by atoms with Gasteiger partial charge in [-0.25, -0.2) is 0 Å². The number of benzene rings is 5. The summed E-state index contributed by atoms with van der Waals surface area (Å²) in [5.41, 5.74) is 10.8. The Balaban J connectivity index is 1.46. The summed E-state index contributed by atoms with van der Waals surface area (Å²) in [4.78, 5) is 0. The van der Waals surface area contributed by atoms with Gasteiger partial charge in [0.15, 0.2) is 0 Å². The minimum Gasteiger partial charge on any atom is -0.456 e. The third kappa shape index (κ3) is 2.58. The first-order valence-electron chi connectivity index (χ1n) is 13.5. The molecule has 0 radical (unpaired) electrons. The number of rotatable bonds is 1. The van der Waals surface area contributed by atoms with Crippen LogP contribution in [0.4, 0.5) is 0 Å². The summed E-state index contributed by atoms with van der Waals surface area (Å²) in [7, 11) is 0. The second-order valence-corrected chi connectivity index (χ2v) is 11.8. The average Bonchev–Trinajstić information content (AvgIpc) is 3.47. The maximum absolute atomic E-state index is 6.31. The van der Waals surface area contributed by atoms with Gasteiger partial charge in [0.2, 0.25) is 0 Å². The van der Waals surface area contributed by atoms with Gasteiger partial charge < -0.3 is 8.98 Å². The molecule has 0 N–H and O–H groups in total. The Morgan fingerprint density at radius 3 is 1.87 bits per heavy atom. The SMILES string of the molecule is CC1(C)c2cc(-n3c4ccccc4c4ccccc43)ccc2-c2ccc3oc4ccccc4c3c2C1(C)C. The van der Waals surface area contributed by atoms with Crippen molar-refractivity contribution in [3.05, 3.63) is 114 Å². The molecular formula is C36H29NO. The van der Waals surface area contributed by atoms with E-state index in [1.165, 1.54) is 60.5 Å². The van der Waals surface area contributed by atoms with Crippen molar-refractivity contribution in [1.82, 2.24) is 4.57 Å². The van der Waals surface area contributed by atoms with Crippen LogP contribution in [0, 0.1) is 0 Å². The lowest BCUT2D eigenvalue weighted by Crippen LogP contribution is -2.43. The van der Waals surface area contributed by atoms with Crippen molar-refractivity contribution in [2.24, 2.45) is 0 Å². The van der Waals surface area contributed by atoms with E-state index in [1.807, 2.05) is 0 Å². The second kappa shape index (κ2) is 7.17. The number of hydrogen-bond donors (Lipinski definition) is 0. The summed E-state index contributed by atoms with van der Waals surface area (Å²) in [6.07, 6.45) is 0. The minimum absolute atomic E-state index is 0.114. The molecule has 2 heteroatoms. The maximum Gasteiger partial charge on any atom is 0.135 e. The fraction of sp³-hybridized carbons (Fsp3) is 0.167. The molecule has 0 aliphatic heterocycles. The Bertz CT molecular complexity index is 2030. The highest BCUT2D eigenvalue weighted by Gasteiger charge is 2.47. The quantitative estimate of drug-likeness (QED) is 0.223. The van der Waals surface area contributed by atoms with Crippen molar-refractivity contribution >= 4 is 43.7 Å². The summed E-state index contributed by atoms with van der Waals surface area (Å²) in [5, 5.41) is 5.04. The van der Waals surface area contributed by atoms with Gasteiger partial charge in [-0.15, -0.1) is 0 Å². The van der Waals surface area contributed by atoms with Crippen LogP contribution in [-0.2, 0) is 10.8 Å². The van der Waals surface area contributed by atoms with Crippen LogP contribution >= 0.6 is 0 Å². The largest absolute Gasteiger partial charge is 0.456 e. The van der Waals surface area contributed by atoms with Crippen LogP contribution in [0.2, 0.25) is 0 Å². The van der Waals surface area contributed by atoms with E-state index in [1.54, 1.807) is 0 Å². The third-order valence-corrected chi connectivity index (χ3v) is 9.54. The second-order valence-electron chi connectivity index (χ2n) is 11.8. The van der Waals surface area contributed by atoms with Crippen molar-refractivity contribution in [2.45, 2.75) is 38.5 Å². The minimum atomic E-state index is -0.124. The predicted molar refractivity (Wildman–Crippen MR) is 160 cm³/mol. The molecule has 0 fully saturated rings. The highest BCUT2D eigenvalue weighted by atomic mass is 16.3. The monoisotopic (exact) mass is 491 g/mol. The van der Waals surface area contributed by atoms with Crippen LogP contribution < -0.4 is 0 Å². The van der Waals surface area contributed by atoms with E-state index in [9.17, 15) is 0 Å². The zero-order valence-corrected chi connectivity index (χ0v) is 22.2.